The predicted octanol–water partition coefficient (Wildman–Crippen LogP) is 1.72. The highest BCUT2D eigenvalue weighted by Gasteiger charge is 2.18. The number of anilines is 1. The van der Waals surface area contributed by atoms with E-state index in [2.05, 4.69) is 15.0 Å². The smallest absolute Gasteiger partial charge is 0.264 e. The van der Waals surface area contributed by atoms with Gasteiger partial charge in [0, 0.05) is 37.7 Å². The van der Waals surface area contributed by atoms with Crippen LogP contribution in [0.15, 0.2) is 41.6 Å². The lowest BCUT2D eigenvalue weighted by atomic mass is 10.3. The van der Waals surface area contributed by atoms with Gasteiger partial charge in [0.1, 0.15) is 10.7 Å². The third-order valence-corrected chi connectivity index (χ3v) is 4.31. The SMILES string of the molecule is CC(C)NCc1cc(S(=O)(=O)Nc2ccccn2)cn1C. The van der Waals surface area contributed by atoms with Crippen molar-refractivity contribution in [2.75, 3.05) is 4.72 Å². The molecule has 2 aromatic heterocycles. The minimum absolute atomic E-state index is 0.233. The van der Waals surface area contributed by atoms with E-state index in [1.54, 1.807) is 36.7 Å². The van der Waals surface area contributed by atoms with E-state index in [4.69, 9.17) is 0 Å². The quantitative estimate of drug-likeness (QED) is 0.852. The molecule has 0 atom stereocenters. The van der Waals surface area contributed by atoms with Gasteiger partial charge >= 0.3 is 0 Å². The van der Waals surface area contributed by atoms with Gasteiger partial charge in [0.2, 0.25) is 0 Å². The summed E-state index contributed by atoms with van der Waals surface area (Å²) in [6, 6.07) is 7.08. The number of sulfonamides is 1. The first-order chi connectivity index (χ1) is 9.88. The van der Waals surface area contributed by atoms with Crippen molar-refractivity contribution in [1.82, 2.24) is 14.9 Å². The summed E-state index contributed by atoms with van der Waals surface area (Å²) in [5, 5.41) is 3.27. The maximum absolute atomic E-state index is 12.3. The van der Waals surface area contributed by atoms with Gasteiger partial charge in [-0.15, -0.1) is 0 Å². The Morgan fingerprint density at radius 1 is 1.33 bits per heavy atom. The number of hydrogen-bond donors (Lipinski definition) is 2. The van der Waals surface area contributed by atoms with Gasteiger partial charge < -0.3 is 9.88 Å². The Bertz CT molecular complexity index is 693. The molecule has 2 aromatic rings. The van der Waals surface area contributed by atoms with Crippen LogP contribution in [0.4, 0.5) is 5.82 Å². The van der Waals surface area contributed by atoms with Gasteiger partial charge in [-0.2, -0.15) is 0 Å². The van der Waals surface area contributed by atoms with E-state index in [1.807, 2.05) is 25.5 Å². The number of aromatic nitrogens is 2. The number of rotatable bonds is 6. The van der Waals surface area contributed by atoms with Crippen LogP contribution in [-0.4, -0.2) is 24.0 Å². The van der Waals surface area contributed by atoms with Gasteiger partial charge in [-0.25, -0.2) is 13.4 Å². The molecule has 2 rings (SSSR count). The molecule has 7 heteroatoms. The summed E-state index contributed by atoms with van der Waals surface area (Å²) in [6.45, 7) is 4.71. The molecule has 2 N–H and O–H groups in total. The van der Waals surface area contributed by atoms with Crippen molar-refractivity contribution >= 4 is 15.8 Å². The molecular formula is C14H20N4O2S. The summed E-state index contributed by atoms with van der Waals surface area (Å²) in [5.41, 5.74) is 0.907. The Balaban J connectivity index is 2.19. The van der Waals surface area contributed by atoms with E-state index in [9.17, 15) is 8.42 Å². The van der Waals surface area contributed by atoms with E-state index >= 15 is 0 Å². The third kappa shape index (κ3) is 4.05. The fourth-order valence-corrected chi connectivity index (χ4v) is 2.93. The van der Waals surface area contributed by atoms with E-state index < -0.39 is 10.0 Å². The molecule has 0 saturated heterocycles. The summed E-state index contributed by atoms with van der Waals surface area (Å²) in [4.78, 5) is 4.20. The van der Waals surface area contributed by atoms with Crippen molar-refractivity contribution in [3.8, 4) is 0 Å². The lowest BCUT2D eigenvalue weighted by molar-refractivity contribution is 0.571. The average Bonchev–Trinajstić information content (AvgIpc) is 2.79. The molecule has 0 amide bonds. The summed E-state index contributed by atoms with van der Waals surface area (Å²) < 4.78 is 28.9. The predicted molar refractivity (Wildman–Crippen MR) is 82.4 cm³/mol. The standard InChI is InChI=1S/C14H20N4O2S/c1-11(2)16-9-12-8-13(10-18(12)3)21(19,20)17-14-6-4-5-7-15-14/h4-8,10-11,16H,9H2,1-3H3,(H,15,17). The summed E-state index contributed by atoms with van der Waals surface area (Å²) in [7, 11) is -1.78. The highest BCUT2D eigenvalue weighted by molar-refractivity contribution is 7.92. The molecule has 114 valence electrons. The van der Waals surface area contributed by atoms with Crippen LogP contribution in [0, 0.1) is 0 Å². The molecule has 0 radical (unpaired) electrons. The van der Waals surface area contributed by atoms with E-state index in [0.717, 1.165) is 5.69 Å². The average molecular weight is 308 g/mol. The van der Waals surface area contributed by atoms with Gasteiger partial charge in [-0.3, -0.25) is 4.72 Å². The maximum atomic E-state index is 12.3. The van der Waals surface area contributed by atoms with Crippen molar-refractivity contribution in [1.29, 1.82) is 0 Å². The fourth-order valence-electron chi connectivity index (χ4n) is 1.83. The first-order valence-corrected chi connectivity index (χ1v) is 8.19. The molecule has 2 heterocycles. The Hall–Kier alpha value is -1.86. The lowest BCUT2D eigenvalue weighted by Crippen LogP contribution is -2.22. The van der Waals surface area contributed by atoms with Crippen LogP contribution < -0.4 is 10.0 Å². The number of pyridine rings is 1. The molecule has 0 spiro atoms. The van der Waals surface area contributed by atoms with E-state index in [0.29, 0.717) is 18.4 Å². The first-order valence-electron chi connectivity index (χ1n) is 6.71. The van der Waals surface area contributed by atoms with Crippen molar-refractivity contribution in [2.45, 2.75) is 31.3 Å². The van der Waals surface area contributed by atoms with Gasteiger partial charge in [-0.1, -0.05) is 19.9 Å². The van der Waals surface area contributed by atoms with E-state index in [-0.39, 0.29) is 4.90 Å². The second-order valence-electron chi connectivity index (χ2n) is 5.13. The van der Waals surface area contributed by atoms with Gasteiger partial charge in [0.05, 0.1) is 0 Å². The monoisotopic (exact) mass is 308 g/mol. The molecule has 6 nitrogen and oxygen atoms in total. The Morgan fingerprint density at radius 2 is 2.10 bits per heavy atom. The van der Waals surface area contributed by atoms with Crippen LogP contribution in [-0.2, 0) is 23.6 Å². The summed E-state index contributed by atoms with van der Waals surface area (Å²) >= 11 is 0. The number of aryl methyl sites for hydroxylation is 1. The molecule has 0 aliphatic heterocycles. The number of nitrogens with one attached hydrogen (secondary N) is 2. The van der Waals surface area contributed by atoms with Gasteiger partial charge in [0.25, 0.3) is 10.0 Å². The van der Waals surface area contributed by atoms with Crippen LogP contribution >= 0.6 is 0 Å². The second kappa shape index (κ2) is 6.28. The fraction of sp³-hybridized carbons (Fsp3) is 0.357. The Morgan fingerprint density at radius 3 is 2.71 bits per heavy atom. The van der Waals surface area contributed by atoms with Crippen LogP contribution in [0.25, 0.3) is 0 Å². The second-order valence-corrected chi connectivity index (χ2v) is 6.82. The Labute approximate surface area is 125 Å². The third-order valence-electron chi connectivity index (χ3n) is 2.99. The van der Waals surface area contributed by atoms with Crippen LogP contribution in [0.5, 0.6) is 0 Å². The van der Waals surface area contributed by atoms with Crippen molar-refractivity contribution in [3.05, 3.63) is 42.4 Å². The molecule has 21 heavy (non-hydrogen) atoms. The normalized spacial score (nSPS) is 11.8. The van der Waals surface area contributed by atoms with Crippen LogP contribution in [0.2, 0.25) is 0 Å². The molecular weight excluding hydrogens is 288 g/mol. The molecule has 0 fully saturated rings. The molecule has 0 aromatic carbocycles. The van der Waals surface area contributed by atoms with Crippen molar-refractivity contribution in [3.63, 3.8) is 0 Å². The van der Waals surface area contributed by atoms with Gasteiger partial charge in [-0.05, 0) is 18.2 Å². The lowest BCUT2D eigenvalue weighted by Gasteiger charge is -2.08. The van der Waals surface area contributed by atoms with Crippen LogP contribution in [0.1, 0.15) is 19.5 Å². The largest absolute Gasteiger partial charge is 0.352 e. The topological polar surface area (TPSA) is 76.0 Å². The van der Waals surface area contributed by atoms with Crippen molar-refractivity contribution < 1.29 is 8.42 Å². The maximum Gasteiger partial charge on any atom is 0.264 e. The number of nitrogens with zero attached hydrogens (tertiary/aromatic N) is 2. The minimum atomic E-state index is -3.61. The molecule has 0 saturated carbocycles. The van der Waals surface area contributed by atoms with E-state index in [1.165, 1.54) is 0 Å². The molecule has 0 bridgehead atoms. The Kier molecular flexibility index (Phi) is 4.64. The summed E-state index contributed by atoms with van der Waals surface area (Å²) in [6.07, 6.45) is 3.14. The van der Waals surface area contributed by atoms with Crippen molar-refractivity contribution in [2.24, 2.45) is 7.05 Å². The molecule has 0 aliphatic rings. The molecule has 0 unspecified atom stereocenters. The van der Waals surface area contributed by atoms with Gasteiger partial charge in [0.15, 0.2) is 0 Å². The highest BCUT2D eigenvalue weighted by atomic mass is 32.2. The zero-order valence-electron chi connectivity index (χ0n) is 12.4. The summed E-state index contributed by atoms with van der Waals surface area (Å²) in [5.74, 6) is 0.309. The zero-order chi connectivity index (χ0) is 15.5. The minimum Gasteiger partial charge on any atom is -0.352 e. The van der Waals surface area contributed by atoms with Crippen LogP contribution in [0.3, 0.4) is 0 Å². The number of hydrogen-bond acceptors (Lipinski definition) is 4. The highest BCUT2D eigenvalue weighted by Crippen LogP contribution is 2.17. The molecule has 0 aliphatic carbocycles. The zero-order valence-corrected chi connectivity index (χ0v) is 13.2. The first kappa shape index (κ1) is 15.5.